The summed E-state index contributed by atoms with van der Waals surface area (Å²) in [5.41, 5.74) is 6.26. The highest BCUT2D eigenvalue weighted by molar-refractivity contribution is 6.30. The van der Waals surface area contributed by atoms with Crippen LogP contribution in [-0.4, -0.2) is 18.0 Å². The van der Waals surface area contributed by atoms with Crippen LogP contribution in [0.1, 0.15) is 32.3 Å². The van der Waals surface area contributed by atoms with Crippen molar-refractivity contribution in [2.75, 3.05) is 6.54 Å². The van der Waals surface area contributed by atoms with E-state index in [-0.39, 0.29) is 23.7 Å². The molecule has 1 amide bonds. The Hall–Kier alpha value is -0.770. The smallest absolute Gasteiger partial charge is 0.240 e. The first-order valence-electron chi connectivity index (χ1n) is 6.17. The molecule has 1 saturated carbocycles. The van der Waals surface area contributed by atoms with Crippen molar-refractivity contribution in [2.24, 2.45) is 5.73 Å². The third kappa shape index (κ3) is 3.85. The minimum atomic E-state index is -0.601. The molecule has 1 aromatic rings. The number of amides is 1. The highest BCUT2D eigenvalue weighted by Crippen LogP contribution is 2.32. The van der Waals surface area contributed by atoms with Crippen molar-refractivity contribution < 1.29 is 4.79 Å². The molecule has 2 rings (SSSR count). The van der Waals surface area contributed by atoms with E-state index in [0.717, 1.165) is 23.4 Å². The predicted octanol–water partition coefficient (Wildman–Crippen LogP) is 2.65. The van der Waals surface area contributed by atoms with Gasteiger partial charge in [0.1, 0.15) is 0 Å². The Kier molecular flexibility index (Phi) is 4.88. The fraction of sp³-hybridized carbons (Fsp3) is 0.500. The lowest BCUT2D eigenvalue weighted by atomic mass is 9.84. The summed E-state index contributed by atoms with van der Waals surface area (Å²) in [4.78, 5) is 11.8. The van der Waals surface area contributed by atoms with Gasteiger partial charge in [0, 0.05) is 17.0 Å². The zero-order valence-electron chi connectivity index (χ0n) is 11.2. The number of nitrogens with one attached hydrogen (secondary N) is 1. The van der Waals surface area contributed by atoms with Crippen LogP contribution >= 0.6 is 24.0 Å². The van der Waals surface area contributed by atoms with Crippen LogP contribution in [-0.2, 0) is 10.2 Å². The van der Waals surface area contributed by atoms with E-state index in [4.69, 9.17) is 17.3 Å². The average Bonchev–Trinajstić information content (AvgIpc) is 3.06. The summed E-state index contributed by atoms with van der Waals surface area (Å²) in [7, 11) is 0. The first-order valence-corrected chi connectivity index (χ1v) is 6.55. The van der Waals surface area contributed by atoms with Crippen LogP contribution in [0.5, 0.6) is 0 Å². The van der Waals surface area contributed by atoms with Gasteiger partial charge in [0.15, 0.2) is 0 Å². The van der Waals surface area contributed by atoms with Gasteiger partial charge < -0.3 is 11.1 Å². The number of hydrogen-bond donors (Lipinski definition) is 2. The molecule has 106 valence electrons. The van der Waals surface area contributed by atoms with Crippen molar-refractivity contribution >= 4 is 29.9 Å². The molecular weight excluding hydrogens is 283 g/mol. The van der Waals surface area contributed by atoms with Crippen molar-refractivity contribution in [1.82, 2.24) is 5.32 Å². The van der Waals surface area contributed by atoms with E-state index >= 15 is 0 Å². The zero-order valence-corrected chi connectivity index (χ0v) is 12.8. The third-order valence-corrected chi connectivity index (χ3v) is 3.81. The molecule has 0 heterocycles. The van der Waals surface area contributed by atoms with Gasteiger partial charge in [-0.2, -0.15) is 0 Å². The Morgan fingerprint density at radius 1 is 1.37 bits per heavy atom. The summed E-state index contributed by atoms with van der Waals surface area (Å²) < 4.78 is 0. The predicted molar refractivity (Wildman–Crippen MR) is 80.9 cm³/mol. The molecular formula is C14H20Cl2N2O. The van der Waals surface area contributed by atoms with E-state index in [9.17, 15) is 4.79 Å². The van der Waals surface area contributed by atoms with E-state index in [1.54, 1.807) is 0 Å². The van der Waals surface area contributed by atoms with Gasteiger partial charge in [0.2, 0.25) is 5.91 Å². The van der Waals surface area contributed by atoms with Gasteiger partial charge >= 0.3 is 0 Å². The first kappa shape index (κ1) is 16.3. The maximum absolute atomic E-state index is 11.8. The molecule has 0 aliphatic heterocycles. The Labute approximate surface area is 125 Å². The van der Waals surface area contributed by atoms with E-state index in [1.165, 1.54) is 0 Å². The highest BCUT2D eigenvalue weighted by Gasteiger charge is 2.46. The minimum Gasteiger partial charge on any atom is -0.354 e. The third-order valence-electron chi connectivity index (χ3n) is 3.56. The van der Waals surface area contributed by atoms with E-state index in [1.807, 2.05) is 24.3 Å². The normalized spacial score (nSPS) is 16.4. The molecule has 0 spiro atoms. The summed E-state index contributed by atoms with van der Waals surface area (Å²) in [6.45, 7) is 4.76. The maximum atomic E-state index is 11.8. The molecule has 1 fully saturated rings. The Morgan fingerprint density at radius 2 is 1.89 bits per heavy atom. The van der Waals surface area contributed by atoms with Crippen LogP contribution in [0.3, 0.4) is 0 Å². The van der Waals surface area contributed by atoms with Crippen molar-refractivity contribution in [3.8, 4) is 0 Å². The molecule has 3 N–H and O–H groups in total. The van der Waals surface area contributed by atoms with Gasteiger partial charge in [-0.15, -0.1) is 12.4 Å². The van der Waals surface area contributed by atoms with Crippen LogP contribution in [0.15, 0.2) is 24.3 Å². The zero-order chi connectivity index (χ0) is 13.4. The molecule has 5 heteroatoms. The van der Waals surface area contributed by atoms with E-state index in [2.05, 4.69) is 19.2 Å². The molecule has 1 aliphatic rings. The molecule has 0 saturated heterocycles. The van der Waals surface area contributed by atoms with Crippen LogP contribution in [0.25, 0.3) is 0 Å². The van der Waals surface area contributed by atoms with Crippen molar-refractivity contribution in [3.05, 3.63) is 34.9 Å². The topological polar surface area (TPSA) is 55.1 Å². The number of rotatable bonds is 4. The SMILES string of the molecule is CC(C)(CNC(=O)C1(N)CC1)c1ccc(Cl)cc1.Cl. The molecule has 0 radical (unpaired) electrons. The monoisotopic (exact) mass is 302 g/mol. The molecule has 0 unspecified atom stereocenters. The lowest BCUT2D eigenvalue weighted by Gasteiger charge is -2.26. The minimum absolute atomic E-state index is 0. The van der Waals surface area contributed by atoms with Crippen LogP contribution in [0, 0.1) is 0 Å². The number of nitrogens with two attached hydrogens (primary N) is 1. The molecule has 19 heavy (non-hydrogen) atoms. The van der Waals surface area contributed by atoms with Crippen LogP contribution < -0.4 is 11.1 Å². The molecule has 0 bridgehead atoms. The van der Waals surface area contributed by atoms with E-state index < -0.39 is 5.54 Å². The summed E-state index contributed by atoms with van der Waals surface area (Å²) in [5, 5.41) is 3.66. The Balaban J connectivity index is 0.00000180. The summed E-state index contributed by atoms with van der Waals surface area (Å²) in [5.74, 6) is -0.0375. The fourth-order valence-electron chi connectivity index (χ4n) is 1.84. The van der Waals surface area contributed by atoms with Crippen molar-refractivity contribution in [3.63, 3.8) is 0 Å². The van der Waals surface area contributed by atoms with Crippen molar-refractivity contribution in [2.45, 2.75) is 37.6 Å². The molecule has 3 nitrogen and oxygen atoms in total. The number of benzene rings is 1. The van der Waals surface area contributed by atoms with Gasteiger partial charge in [0.25, 0.3) is 0 Å². The van der Waals surface area contributed by atoms with Gasteiger partial charge in [-0.25, -0.2) is 0 Å². The average molecular weight is 303 g/mol. The summed E-state index contributed by atoms with van der Waals surface area (Å²) >= 11 is 5.87. The van der Waals surface area contributed by atoms with Gasteiger partial charge in [0.05, 0.1) is 5.54 Å². The second-order valence-corrected chi connectivity index (χ2v) is 6.17. The number of halogens is 2. The second kappa shape index (κ2) is 5.70. The lowest BCUT2D eigenvalue weighted by Crippen LogP contribution is -2.46. The largest absolute Gasteiger partial charge is 0.354 e. The standard InChI is InChI=1S/C14H19ClN2O.ClH/c1-13(2,10-3-5-11(15)6-4-10)9-17-12(18)14(16)7-8-14;/h3-6H,7-9,16H2,1-2H3,(H,17,18);1H. The summed E-state index contributed by atoms with van der Waals surface area (Å²) in [6, 6.07) is 7.71. The van der Waals surface area contributed by atoms with Gasteiger partial charge in [-0.3, -0.25) is 4.79 Å². The van der Waals surface area contributed by atoms with Crippen molar-refractivity contribution in [1.29, 1.82) is 0 Å². The van der Waals surface area contributed by atoms with E-state index in [0.29, 0.717) is 6.54 Å². The fourth-order valence-corrected chi connectivity index (χ4v) is 1.97. The maximum Gasteiger partial charge on any atom is 0.240 e. The number of carbonyl (C=O) groups is 1. The molecule has 0 aromatic heterocycles. The molecule has 1 aliphatic carbocycles. The Bertz CT molecular complexity index is 453. The van der Waals surface area contributed by atoms with Crippen LogP contribution in [0.4, 0.5) is 0 Å². The first-order chi connectivity index (χ1) is 8.33. The van der Waals surface area contributed by atoms with Gasteiger partial charge in [-0.1, -0.05) is 37.6 Å². The highest BCUT2D eigenvalue weighted by atomic mass is 35.5. The van der Waals surface area contributed by atoms with Gasteiger partial charge in [-0.05, 0) is 30.5 Å². The molecule has 1 aromatic carbocycles. The summed E-state index contributed by atoms with van der Waals surface area (Å²) in [6.07, 6.45) is 1.58. The second-order valence-electron chi connectivity index (χ2n) is 5.73. The number of carbonyl (C=O) groups excluding carboxylic acids is 1. The number of hydrogen-bond acceptors (Lipinski definition) is 2. The molecule has 0 atom stereocenters. The van der Waals surface area contributed by atoms with Crippen LogP contribution in [0.2, 0.25) is 5.02 Å². The Morgan fingerprint density at radius 3 is 2.37 bits per heavy atom. The lowest BCUT2D eigenvalue weighted by molar-refractivity contribution is -0.123. The quantitative estimate of drug-likeness (QED) is 0.898.